The lowest BCUT2D eigenvalue weighted by molar-refractivity contribution is -0.135. The summed E-state index contributed by atoms with van der Waals surface area (Å²) < 4.78 is 5.75. The molecule has 0 radical (unpaired) electrons. The van der Waals surface area contributed by atoms with E-state index in [4.69, 9.17) is 14.7 Å². The van der Waals surface area contributed by atoms with Gasteiger partial charge in [0, 0.05) is 6.20 Å². The van der Waals surface area contributed by atoms with Gasteiger partial charge in [0.25, 0.3) is 0 Å². The Bertz CT molecular complexity index is 1500. The maximum atomic E-state index is 13.4. The van der Waals surface area contributed by atoms with E-state index in [0.29, 0.717) is 12.2 Å². The maximum absolute atomic E-state index is 13.4. The number of rotatable bonds is 5. The summed E-state index contributed by atoms with van der Waals surface area (Å²) in [7, 11) is 0. The maximum Gasteiger partial charge on any atom is 0.312 e. The van der Waals surface area contributed by atoms with Crippen molar-refractivity contribution in [1.29, 1.82) is 0 Å². The molecule has 34 heavy (non-hydrogen) atoms. The number of hydrogen-bond donors (Lipinski definition) is 0. The Balaban J connectivity index is 1.54. The molecule has 1 aliphatic carbocycles. The lowest BCUT2D eigenvalue weighted by Crippen LogP contribution is -2.34. The van der Waals surface area contributed by atoms with E-state index in [1.54, 1.807) is 18.3 Å². The summed E-state index contributed by atoms with van der Waals surface area (Å²) in [4.78, 5) is 28.1. The van der Waals surface area contributed by atoms with Gasteiger partial charge in [0.05, 0.1) is 34.3 Å². The fourth-order valence-corrected chi connectivity index (χ4v) is 4.87. The molecule has 164 valence electrons. The monoisotopic (exact) mass is 443 g/mol. The molecule has 0 saturated carbocycles. The molecular formula is C29H21N3O2. The summed E-state index contributed by atoms with van der Waals surface area (Å²) in [6.45, 7) is 0. The highest BCUT2D eigenvalue weighted by Gasteiger charge is 2.48. The molecule has 2 aromatic heterocycles. The van der Waals surface area contributed by atoms with Crippen LogP contribution in [0.25, 0.3) is 22.4 Å². The first-order valence-electron chi connectivity index (χ1n) is 11.3. The van der Waals surface area contributed by atoms with E-state index in [0.717, 1.165) is 39.2 Å². The molecule has 1 unspecified atom stereocenters. The van der Waals surface area contributed by atoms with Gasteiger partial charge >= 0.3 is 5.97 Å². The third-order valence-electron chi connectivity index (χ3n) is 6.34. The van der Waals surface area contributed by atoms with Gasteiger partial charge in [-0.05, 0) is 47.9 Å². The van der Waals surface area contributed by atoms with Crippen molar-refractivity contribution in [2.75, 3.05) is 0 Å². The van der Waals surface area contributed by atoms with Gasteiger partial charge in [-0.1, -0.05) is 66.7 Å². The number of hydrogen-bond acceptors (Lipinski definition) is 5. The number of benzene rings is 3. The number of pyridine rings is 1. The van der Waals surface area contributed by atoms with E-state index in [9.17, 15) is 4.79 Å². The van der Waals surface area contributed by atoms with Gasteiger partial charge in [-0.15, -0.1) is 0 Å². The van der Waals surface area contributed by atoms with Gasteiger partial charge in [0.15, 0.2) is 0 Å². The van der Waals surface area contributed by atoms with E-state index in [1.807, 2.05) is 72.8 Å². The molecular weight excluding hydrogens is 422 g/mol. The van der Waals surface area contributed by atoms with Crippen LogP contribution in [0, 0.1) is 0 Å². The lowest BCUT2D eigenvalue weighted by Gasteiger charge is -2.30. The van der Waals surface area contributed by atoms with Crippen molar-refractivity contribution < 1.29 is 9.53 Å². The Hall–Kier alpha value is -4.38. The summed E-state index contributed by atoms with van der Waals surface area (Å²) in [5.41, 5.74) is 5.19. The van der Waals surface area contributed by atoms with E-state index >= 15 is 0 Å². The van der Waals surface area contributed by atoms with Crippen molar-refractivity contribution in [2.45, 2.75) is 18.3 Å². The van der Waals surface area contributed by atoms with Crippen LogP contribution >= 0.6 is 0 Å². The van der Waals surface area contributed by atoms with E-state index in [-0.39, 0.29) is 12.4 Å². The normalized spacial score (nSPS) is 16.1. The van der Waals surface area contributed by atoms with Crippen LogP contribution in [-0.2, 0) is 16.6 Å². The molecule has 0 N–H and O–H groups in total. The number of fused-ring (bicyclic) bond motifs is 4. The summed E-state index contributed by atoms with van der Waals surface area (Å²) in [6, 6.07) is 31.1. The molecule has 5 nitrogen and oxygen atoms in total. The summed E-state index contributed by atoms with van der Waals surface area (Å²) >= 11 is 0. The van der Waals surface area contributed by atoms with Crippen molar-refractivity contribution in [2.24, 2.45) is 0 Å². The van der Waals surface area contributed by atoms with E-state index in [1.165, 1.54) is 0 Å². The second kappa shape index (κ2) is 8.19. The zero-order valence-corrected chi connectivity index (χ0v) is 18.4. The fraction of sp³-hybridized carbons (Fsp3) is 0.103. The van der Waals surface area contributed by atoms with Crippen LogP contribution in [-0.4, -0.2) is 20.9 Å². The lowest BCUT2D eigenvalue weighted by atomic mass is 9.73. The molecule has 5 heteroatoms. The summed E-state index contributed by atoms with van der Waals surface area (Å²) in [5.74, 6) is 0.205. The van der Waals surface area contributed by atoms with E-state index < -0.39 is 5.41 Å². The minimum absolute atomic E-state index is 0.121. The Morgan fingerprint density at radius 1 is 0.735 bits per heavy atom. The highest BCUT2D eigenvalue weighted by atomic mass is 16.5. The molecule has 3 aromatic carbocycles. The largest absolute Gasteiger partial charge is 0.426 e. The van der Waals surface area contributed by atoms with Gasteiger partial charge in [-0.25, -0.2) is 9.97 Å². The number of carbonyl (C=O) groups excluding carboxylic acids is 1. The SMILES string of the molecule is O=C(CC1(Cc2ccccc2)c2cccnc2-c2nc3ccccc3nc21)Oc1ccccc1. The number of carbonyl (C=O) groups is 1. The van der Waals surface area contributed by atoms with Crippen molar-refractivity contribution >= 4 is 17.0 Å². The van der Waals surface area contributed by atoms with Crippen LogP contribution in [0.4, 0.5) is 0 Å². The average Bonchev–Trinajstić information content (AvgIpc) is 3.12. The van der Waals surface area contributed by atoms with Gasteiger partial charge in [0.2, 0.25) is 0 Å². The minimum Gasteiger partial charge on any atom is -0.426 e. The Morgan fingerprint density at radius 2 is 1.41 bits per heavy atom. The van der Waals surface area contributed by atoms with Crippen molar-refractivity contribution in [3.8, 4) is 17.1 Å². The molecule has 0 amide bonds. The standard InChI is InChI=1S/C29H21N3O2/c33-25(34-21-12-5-2-6-13-21)19-29(18-20-10-3-1-4-11-20)22-14-9-17-30-26(22)27-28(29)32-24-16-8-7-15-23(24)31-27/h1-17H,18-19H2. The summed E-state index contributed by atoms with van der Waals surface area (Å²) in [6.07, 6.45) is 2.46. The Morgan fingerprint density at radius 3 is 2.18 bits per heavy atom. The minimum atomic E-state index is -0.747. The second-order valence-corrected chi connectivity index (χ2v) is 8.52. The van der Waals surface area contributed by atoms with Crippen molar-refractivity contribution in [3.05, 3.63) is 120 Å². The molecule has 0 fully saturated rings. The van der Waals surface area contributed by atoms with Crippen LogP contribution in [0.2, 0.25) is 0 Å². The number of esters is 1. The number of aromatic nitrogens is 3. The quantitative estimate of drug-likeness (QED) is 0.264. The molecule has 0 spiro atoms. The van der Waals surface area contributed by atoms with Gasteiger partial charge < -0.3 is 4.74 Å². The highest BCUT2D eigenvalue weighted by molar-refractivity contribution is 5.85. The molecule has 0 bridgehead atoms. The molecule has 0 saturated heterocycles. The predicted molar refractivity (Wildman–Crippen MR) is 130 cm³/mol. The molecule has 2 heterocycles. The van der Waals surface area contributed by atoms with Crippen LogP contribution in [0.3, 0.4) is 0 Å². The summed E-state index contributed by atoms with van der Waals surface area (Å²) in [5, 5.41) is 0. The first kappa shape index (κ1) is 20.2. The van der Waals surface area contributed by atoms with Crippen molar-refractivity contribution in [1.82, 2.24) is 15.0 Å². The zero-order valence-electron chi connectivity index (χ0n) is 18.4. The average molecular weight is 444 g/mol. The molecule has 1 aliphatic rings. The van der Waals surface area contributed by atoms with Crippen LogP contribution in [0.15, 0.2) is 103 Å². The van der Waals surface area contributed by atoms with E-state index in [2.05, 4.69) is 17.1 Å². The van der Waals surface area contributed by atoms with Crippen molar-refractivity contribution in [3.63, 3.8) is 0 Å². The van der Waals surface area contributed by atoms with Gasteiger partial charge in [-0.3, -0.25) is 9.78 Å². The predicted octanol–water partition coefficient (Wildman–Crippen LogP) is 5.53. The molecule has 6 rings (SSSR count). The number of para-hydroxylation sites is 3. The van der Waals surface area contributed by atoms with Crippen LogP contribution in [0.5, 0.6) is 5.75 Å². The zero-order chi connectivity index (χ0) is 23.0. The molecule has 0 aliphatic heterocycles. The van der Waals surface area contributed by atoms with Crippen LogP contribution in [0.1, 0.15) is 23.2 Å². The van der Waals surface area contributed by atoms with Gasteiger partial charge in [0.1, 0.15) is 11.4 Å². The number of nitrogens with zero attached hydrogens (tertiary/aromatic N) is 3. The second-order valence-electron chi connectivity index (χ2n) is 8.52. The molecule has 5 aromatic rings. The van der Waals surface area contributed by atoms with Gasteiger partial charge in [-0.2, -0.15) is 0 Å². The first-order valence-corrected chi connectivity index (χ1v) is 11.3. The first-order chi connectivity index (χ1) is 16.7. The molecule has 1 atom stereocenters. The Kier molecular flexibility index (Phi) is 4.88. The highest BCUT2D eigenvalue weighted by Crippen LogP contribution is 2.50. The topological polar surface area (TPSA) is 65.0 Å². The third-order valence-corrected chi connectivity index (χ3v) is 6.34. The Labute approximate surface area is 197 Å². The van der Waals surface area contributed by atoms with Crippen LogP contribution < -0.4 is 4.74 Å². The fourth-order valence-electron chi connectivity index (χ4n) is 4.87. The number of ether oxygens (including phenoxy) is 1. The smallest absolute Gasteiger partial charge is 0.312 e. The third kappa shape index (κ3) is 3.42.